The van der Waals surface area contributed by atoms with E-state index < -0.39 is 0 Å². The van der Waals surface area contributed by atoms with Crippen molar-refractivity contribution in [2.75, 3.05) is 19.0 Å². The molecule has 0 saturated heterocycles. The number of ether oxygens (including phenoxy) is 1. The molecule has 3 rings (SSSR count). The van der Waals surface area contributed by atoms with Crippen LogP contribution >= 0.6 is 0 Å². The molecule has 0 atom stereocenters. The first-order chi connectivity index (χ1) is 13.1. The van der Waals surface area contributed by atoms with E-state index in [9.17, 15) is 4.79 Å². The Hall–Kier alpha value is -3.28. The molecule has 0 spiro atoms. The van der Waals surface area contributed by atoms with Gasteiger partial charge in [-0.25, -0.2) is 5.43 Å². The second-order valence-electron chi connectivity index (χ2n) is 6.08. The zero-order valence-corrected chi connectivity index (χ0v) is 15.7. The number of rotatable bonds is 7. The van der Waals surface area contributed by atoms with Crippen LogP contribution in [0.1, 0.15) is 25.2 Å². The average Bonchev–Trinajstić information content (AvgIpc) is 3.09. The topological polar surface area (TPSA) is 75.9 Å². The standard InChI is InChI=1S/C21H23N3O3/c1-4-17-18-10-5-6-11-19(18)27-21(17)14(2)23-24-20(25)13-22-15-8-7-9-16(12-15)26-3/h5-12,22H,4,13H2,1-3H3,(H,24,25)/b23-14-. The second kappa shape index (κ2) is 8.40. The molecule has 0 aliphatic rings. The molecule has 0 saturated carbocycles. The highest BCUT2D eigenvalue weighted by atomic mass is 16.5. The number of hydrazone groups is 1. The summed E-state index contributed by atoms with van der Waals surface area (Å²) < 4.78 is 11.1. The van der Waals surface area contributed by atoms with Crippen LogP contribution in [0.25, 0.3) is 11.0 Å². The maximum Gasteiger partial charge on any atom is 0.259 e. The molecule has 0 bridgehead atoms. The minimum atomic E-state index is -0.244. The number of benzene rings is 2. The number of methoxy groups -OCH3 is 1. The van der Waals surface area contributed by atoms with Crippen LogP contribution in [0.2, 0.25) is 0 Å². The molecular weight excluding hydrogens is 342 g/mol. The zero-order valence-electron chi connectivity index (χ0n) is 15.7. The Kier molecular flexibility index (Phi) is 5.76. The normalized spacial score (nSPS) is 11.4. The predicted octanol–water partition coefficient (Wildman–Crippen LogP) is 3.96. The van der Waals surface area contributed by atoms with E-state index in [1.54, 1.807) is 7.11 Å². The molecule has 1 aromatic heterocycles. The number of nitrogens with one attached hydrogen (secondary N) is 2. The molecule has 2 N–H and O–H groups in total. The number of anilines is 1. The lowest BCUT2D eigenvalue weighted by atomic mass is 10.1. The number of carbonyl (C=O) groups excluding carboxylic acids is 1. The molecule has 1 heterocycles. The summed E-state index contributed by atoms with van der Waals surface area (Å²) in [7, 11) is 1.60. The van der Waals surface area contributed by atoms with Gasteiger partial charge in [-0.2, -0.15) is 5.10 Å². The van der Waals surface area contributed by atoms with Crippen LogP contribution in [0, 0.1) is 0 Å². The lowest BCUT2D eigenvalue weighted by Gasteiger charge is -2.07. The Labute approximate surface area is 158 Å². The summed E-state index contributed by atoms with van der Waals surface area (Å²) in [4.78, 5) is 12.1. The number of carbonyl (C=O) groups is 1. The van der Waals surface area contributed by atoms with Gasteiger partial charge in [0.1, 0.15) is 17.0 Å². The third-order valence-electron chi connectivity index (χ3n) is 4.25. The fourth-order valence-corrected chi connectivity index (χ4v) is 2.89. The first-order valence-electron chi connectivity index (χ1n) is 8.84. The number of para-hydroxylation sites is 1. The first-order valence-corrected chi connectivity index (χ1v) is 8.84. The van der Waals surface area contributed by atoms with Crippen LogP contribution < -0.4 is 15.5 Å². The van der Waals surface area contributed by atoms with E-state index in [1.165, 1.54) is 0 Å². The number of nitrogens with zero attached hydrogens (tertiary/aromatic N) is 1. The summed E-state index contributed by atoms with van der Waals surface area (Å²) in [5.41, 5.74) is 5.93. The highest BCUT2D eigenvalue weighted by Gasteiger charge is 2.15. The molecule has 0 unspecified atom stereocenters. The molecule has 0 aliphatic carbocycles. The predicted molar refractivity (Wildman–Crippen MR) is 107 cm³/mol. The molecule has 6 nitrogen and oxygen atoms in total. The molecule has 0 radical (unpaired) electrons. The Morgan fingerprint density at radius 1 is 1.19 bits per heavy atom. The largest absolute Gasteiger partial charge is 0.497 e. The number of furan rings is 1. The van der Waals surface area contributed by atoms with Gasteiger partial charge in [0.25, 0.3) is 5.91 Å². The van der Waals surface area contributed by atoms with E-state index in [4.69, 9.17) is 9.15 Å². The molecule has 0 aliphatic heterocycles. The summed E-state index contributed by atoms with van der Waals surface area (Å²) >= 11 is 0. The Morgan fingerprint density at radius 3 is 2.78 bits per heavy atom. The van der Waals surface area contributed by atoms with Crippen LogP contribution in [0.5, 0.6) is 5.75 Å². The lowest BCUT2D eigenvalue weighted by molar-refractivity contribution is -0.119. The number of hydrogen-bond acceptors (Lipinski definition) is 5. The van der Waals surface area contributed by atoms with Gasteiger partial charge in [0.2, 0.25) is 0 Å². The molecule has 140 valence electrons. The van der Waals surface area contributed by atoms with E-state index in [0.29, 0.717) is 11.5 Å². The number of fused-ring (bicyclic) bond motifs is 1. The fourth-order valence-electron chi connectivity index (χ4n) is 2.89. The highest BCUT2D eigenvalue weighted by molar-refractivity contribution is 6.02. The van der Waals surface area contributed by atoms with E-state index in [-0.39, 0.29) is 12.5 Å². The van der Waals surface area contributed by atoms with Crippen LogP contribution in [0.3, 0.4) is 0 Å². The van der Waals surface area contributed by atoms with Crippen molar-refractivity contribution in [2.45, 2.75) is 20.3 Å². The summed E-state index contributed by atoms with van der Waals surface area (Å²) in [5, 5.41) is 8.32. The van der Waals surface area contributed by atoms with Gasteiger partial charge in [-0.05, 0) is 31.5 Å². The van der Waals surface area contributed by atoms with Crippen molar-refractivity contribution in [3.05, 3.63) is 59.9 Å². The van der Waals surface area contributed by atoms with E-state index in [1.807, 2.05) is 55.5 Å². The van der Waals surface area contributed by atoms with Crippen molar-refractivity contribution in [3.63, 3.8) is 0 Å². The monoisotopic (exact) mass is 365 g/mol. The van der Waals surface area contributed by atoms with Gasteiger partial charge in [0.05, 0.1) is 13.7 Å². The van der Waals surface area contributed by atoms with Crippen LogP contribution in [0.4, 0.5) is 5.69 Å². The lowest BCUT2D eigenvalue weighted by Crippen LogP contribution is -2.26. The molecule has 0 fully saturated rings. The maximum atomic E-state index is 12.1. The first kappa shape index (κ1) is 18.5. The Balaban J connectivity index is 1.65. The van der Waals surface area contributed by atoms with Gasteiger partial charge in [0, 0.05) is 22.7 Å². The van der Waals surface area contributed by atoms with E-state index >= 15 is 0 Å². The van der Waals surface area contributed by atoms with Crippen molar-refractivity contribution in [2.24, 2.45) is 5.10 Å². The van der Waals surface area contributed by atoms with Gasteiger partial charge in [-0.15, -0.1) is 0 Å². The van der Waals surface area contributed by atoms with Crippen LogP contribution in [-0.4, -0.2) is 25.3 Å². The van der Waals surface area contributed by atoms with Gasteiger partial charge in [-0.1, -0.05) is 31.2 Å². The minimum absolute atomic E-state index is 0.102. The molecule has 1 amide bonds. The Morgan fingerprint density at radius 2 is 2.00 bits per heavy atom. The Bertz CT molecular complexity index is 976. The summed E-state index contributed by atoms with van der Waals surface area (Å²) in [5.74, 6) is 1.19. The molecule has 6 heteroatoms. The third-order valence-corrected chi connectivity index (χ3v) is 4.25. The second-order valence-corrected chi connectivity index (χ2v) is 6.08. The molecular formula is C21H23N3O3. The minimum Gasteiger partial charge on any atom is -0.497 e. The van der Waals surface area contributed by atoms with Gasteiger partial charge in [0.15, 0.2) is 5.76 Å². The van der Waals surface area contributed by atoms with Gasteiger partial charge >= 0.3 is 0 Å². The smallest absolute Gasteiger partial charge is 0.259 e. The van der Waals surface area contributed by atoms with Crippen LogP contribution in [-0.2, 0) is 11.2 Å². The maximum absolute atomic E-state index is 12.1. The highest BCUT2D eigenvalue weighted by Crippen LogP contribution is 2.26. The molecule has 2 aromatic carbocycles. The summed E-state index contributed by atoms with van der Waals surface area (Å²) in [6, 6.07) is 15.3. The van der Waals surface area contributed by atoms with E-state index in [2.05, 4.69) is 22.8 Å². The summed E-state index contributed by atoms with van der Waals surface area (Å²) in [6.45, 7) is 4.00. The number of hydrogen-bond donors (Lipinski definition) is 2. The van der Waals surface area contributed by atoms with Crippen molar-refractivity contribution in [1.29, 1.82) is 0 Å². The van der Waals surface area contributed by atoms with Crippen molar-refractivity contribution >= 4 is 28.3 Å². The van der Waals surface area contributed by atoms with Gasteiger partial charge < -0.3 is 14.5 Å². The van der Waals surface area contributed by atoms with Gasteiger partial charge in [-0.3, -0.25) is 4.79 Å². The SMILES string of the molecule is CCc1c(/C(C)=N\NC(=O)CNc2cccc(OC)c2)oc2ccccc12. The number of aryl methyl sites for hydroxylation is 1. The fraction of sp³-hybridized carbons (Fsp3) is 0.238. The van der Waals surface area contributed by atoms with Crippen molar-refractivity contribution in [3.8, 4) is 5.75 Å². The quantitative estimate of drug-likeness (QED) is 0.491. The van der Waals surface area contributed by atoms with E-state index in [0.717, 1.165) is 34.4 Å². The zero-order chi connectivity index (χ0) is 19.2. The van der Waals surface area contributed by atoms with Crippen LogP contribution in [0.15, 0.2) is 58.0 Å². The van der Waals surface area contributed by atoms with Crippen molar-refractivity contribution in [1.82, 2.24) is 5.43 Å². The van der Waals surface area contributed by atoms with Crippen molar-refractivity contribution < 1.29 is 13.9 Å². The molecule has 27 heavy (non-hydrogen) atoms. The summed E-state index contributed by atoms with van der Waals surface area (Å²) in [6.07, 6.45) is 0.824. The number of amides is 1. The average molecular weight is 365 g/mol. The third kappa shape index (κ3) is 4.28. The molecule has 3 aromatic rings.